The molecule has 2 rings (SSSR count). The van der Waals surface area contributed by atoms with Gasteiger partial charge in [0.15, 0.2) is 0 Å². The summed E-state index contributed by atoms with van der Waals surface area (Å²) in [5.74, 6) is -0.356. The molecule has 1 fully saturated rings. The Morgan fingerprint density at radius 1 is 1.50 bits per heavy atom. The van der Waals surface area contributed by atoms with Gasteiger partial charge in [0.05, 0.1) is 13.2 Å². The van der Waals surface area contributed by atoms with Gasteiger partial charge in [0.1, 0.15) is 5.41 Å². The normalized spacial score (nSPS) is 18.6. The quantitative estimate of drug-likeness (QED) is 0.796. The first-order valence-corrected chi connectivity index (χ1v) is 4.67. The van der Waals surface area contributed by atoms with Crippen molar-refractivity contribution in [2.75, 3.05) is 13.2 Å². The maximum atomic E-state index is 11.3. The lowest BCUT2D eigenvalue weighted by Gasteiger charge is -2.38. The molecule has 0 aromatic heterocycles. The largest absolute Gasteiger partial charge is 0.378 e. The van der Waals surface area contributed by atoms with Gasteiger partial charge in [-0.2, -0.15) is 0 Å². The molecule has 0 atom stereocenters. The summed E-state index contributed by atoms with van der Waals surface area (Å²) >= 11 is 5.84. The predicted molar refractivity (Wildman–Crippen MR) is 53.1 cm³/mol. The minimum absolute atomic E-state index is 0.350. The van der Waals surface area contributed by atoms with Crippen molar-refractivity contribution in [2.45, 2.75) is 5.41 Å². The third-order valence-corrected chi connectivity index (χ3v) is 2.78. The number of benzene rings is 1. The van der Waals surface area contributed by atoms with Crippen LogP contribution >= 0.6 is 11.6 Å². The van der Waals surface area contributed by atoms with Gasteiger partial charge in [-0.15, -0.1) is 0 Å². The van der Waals surface area contributed by atoms with Crippen molar-refractivity contribution in [3.05, 3.63) is 34.9 Å². The Hall–Kier alpha value is -1.06. The number of rotatable bonds is 2. The molecule has 74 valence electrons. The zero-order valence-electron chi connectivity index (χ0n) is 7.50. The number of primary amides is 1. The van der Waals surface area contributed by atoms with Crippen LogP contribution in [0.4, 0.5) is 0 Å². The van der Waals surface area contributed by atoms with Crippen LogP contribution in [0.3, 0.4) is 0 Å². The highest BCUT2D eigenvalue weighted by Crippen LogP contribution is 2.33. The van der Waals surface area contributed by atoms with Crippen LogP contribution in [0.5, 0.6) is 0 Å². The van der Waals surface area contributed by atoms with E-state index in [2.05, 4.69) is 0 Å². The van der Waals surface area contributed by atoms with E-state index in [1.54, 1.807) is 18.2 Å². The lowest BCUT2D eigenvalue weighted by Crippen LogP contribution is -2.56. The third kappa shape index (κ3) is 1.29. The molecule has 1 amide bonds. The van der Waals surface area contributed by atoms with Crippen LogP contribution < -0.4 is 5.73 Å². The molecular formula is C10H10ClNO2. The Labute approximate surface area is 86.8 Å². The van der Waals surface area contributed by atoms with Crippen LogP contribution in [-0.4, -0.2) is 19.1 Å². The lowest BCUT2D eigenvalue weighted by atomic mass is 9.78. The molecule has 1 aliphatic rings. The molecule has 1 aromatic carbocycles. The molecule has 0 aliphatic carbocycles. The Kier molecular flexibility index (Phi) is 2.21. The van der Waals surface area contributed by atoms with Gasteiger partial charge >= 0.3 is 0 Å². The number of hydrogen-bond donors (Lipinski definition) is 1. The summed E-state index contributed by atoms with van der Waals surface area (Å²) in [6.07, 6.45) is 0. The molecule has 4 heteroatoms. The van der Waals surface area contributed by atoms with Crippen molar-refractivity contribution in [2.24, 2.45) is 5.73 Å². The molecule has 1 aliphatic heterocycles. The second-order valence-electron chi connectivity index (χ2n) is 3.45. The van der Waals surface area contributed by atoms with Crippen LogP contribution in [-0.2, 0) is 14.9 Å². The van der Waals surface area contributed by atoms with E-state index < -0.39 is 5.41 Å². The van der Waals surface area contributed by atoms with Crippen molar-refractivity contribution in [3.8, 4) is 0 Å². The van der Waals surface area contributed by atoms with Crippen LogP contribution in [0, 0.1) is 0 Å². The van der Waals surface area contributed by atoms with Crippen molar-refractivity contribution >= 4 is 17.5 Å². The SMILES string of the molecule is NC(=O)C1(c2cccc(Cl)c2)COC1. The lowest BCUT2D eigenvalue weighted by molar-refractivity contribution is -0.141. The van der Waals surface area contributed by atoms with E-state index in [9.17, 15) is 4.79 Å². The predicted octanol–water partition coefficient (Wildman–Crippen LogP) is 1.09. The maximum absolute atomic E-state index is 11.3. The van der Waals surface area contributed by atoms with E-state index in [-0.39, 0.29) is 5.91 Å². The molecule has 0 radical (unpaired) electrons. The van der Waals surface area contributed by atoms with Gasteiger partial charge < -0.3 is 10.5 Å². The summed E-state index contributed by atoms with van der Waals surface area (Å²) in [5.41, 5.74) is 5.53. The Morgan fingerprint density at radius 3 is 2.64 bits per heavy atom. The Balaban J connectivity index is 2.42. The molecule has 0 unspecified atom stereocenters. The molecule has 1 saturated heterocycles. The second kappa shape index (κ2) is 3.26. The van der Waals surface area contributed by atoms with Gasteiger partial charge in [-0.3, -0.25) is 4.79 Å². The highest BCUT2D eigenvalue weighted by Gasteiger charge is 2.46. The molecule has 3 nitrogen and oxygen atoms in total. The molecule has 14 heavy (non-hydrogen) atoms. The average Bonchev–Trinajstić information content (AvgIpc) is 2.00. The number of carbonyl (C=O) groups excluding carboxylic acids is 1. The molecule has 2 N–H and O–H groups in total. The molecule has 0 bridgehead atoms. The highest BCUT2D eigenvalue weighted by atomic mass is 35.5. The molecular weight excluding hydrogens is 202 g/mol. The first-order valence-electron chi connectivity index (χ1n) is 4.29. The van der Waals surface area contributed by atoms with Crippen LogP contribution in [0.2, 0.25) is 5.02 Å². The van der Waals surface area contributed by atoms with E-state index in [1.807, 2.05) is 6.07 Å². The van der Waals surface area contributed by atoms with E-state index in [4.69, 9.17) is 22.1 Å². The summed E-state index contributed by atoms with van der Waals surface area (Å²) in [5, 5.41) is 0.607. The average molecular weight is 212 g/mol. The number of carbonyl (C=O) groups is 1. The van der Waals surface area contributed by atoms with Gasteiger partial charge in [0, 0.05) is 5.02 Å². The highest BCUT2D eigenvalue weighted by molar-refractivity contribution is 6.30. The van der Waals surface area contributed by atoms with Gasteiger partial charge in [0.2, 0.25) is 5.91 Å². The first kappa shape index (κ1) is 9.49. The second-order valence-corrected chi connectivity index (χ2v) is 3.89. The van der Waals surface area contributed by atoms with Crippen LogP contribution in [0.1, 0.15) is 5.56 Å². The fraction of sp³-hybridized carbons (Fsp3) is 0.300. The smallest absolute Gasteiger partial charge is 0.232 e. The number of halogens is 1. The van der Waals surface area contributed by atoms with Gasteiger partial charge in [-0.1, -0.05) is 23.7 Å². The molecule has 0 spiro atoms. The number of hydrogen-bond acceptors (Lipinski definition) is 2. The minimum atomic E-state index is -0.662. The van der Waals surface area contributed by atoms with E-state index >= 15 is 0 Å². The first-order chi connectivity index (χ1) is 6.65. The summed E-state index contributed by atoms with van der Waals surface area (Å²) < 4.78 is 5.05. The molecule has 1 aromatic rings. The van der Waals surface area contributed by atoms with E-state index in [0.717, 1.165) is 5.56 Å². The zero-order valence-corrected chi connectivity index (χ0v) is 8.25. The van der Waals surface area contributed by atoms with Gasteiger partial charge in [-0.25, -0.2) is 0 Å². The number of ether oxygens (including phenoxy) is 1. The number of nitrogens with two attached hydrogens (primary N) is 1. The van der Waals surface area contributed by atoms with Crippen molar-refractivity contribution in [3.63, 3.8) is 0 Å². The fourth-order valence-electron chi connectivity index (χ4n) is 1.54. The van der Waals surface area contributed by atoms with E-state index in [0.29, 0.717) is 18.2 Å². The third-order valence-electron chi connectivity index (χ3n) is 2.55. The molecule has 1 heterocycles. The fourth-order valence-corrected chi connectivity index (χ4v) is 1.73. The van der Waals surface area contributed by atoms with Crippen molar-refractivity contribution < 1.29 is 9.53 Å². The van der Waals surface area contributed by atoms with E-state index in [1.165, 1.54) is 0 Å². The van der Waals surface area contributed by atoms with Crippen LogP contribution in [0.15, 0.2) is 24.3 Å². The summed E-state index contributed by atoms with van der Waals surface area (Å²) in [6.45, 7) is 0.700. The van der Waals surface area contributed by atoms with Crippen LogP contribution in [0.25, 0.3) is 0 Å². The topological polar surface area (TPSA) is 52.3 Å². The zero-order chi connectivity index (χ0) is 10.2. The standard InChI is InChI=1S/C10H10ClNO2/c11-8-3-1-2-7(4-8)10(9(12)13)5-14-6-10/h1-4H,5-6H2,(H2,12,13). The number of amides is 1. The Bertz CT molecular complexity index is 374. The summed E-state index contributed by atoms with van der Waals surface area (Å²) in [6, 6.07) is 7.17. The summed E-state index contributed by atoms with van der Waals surface area (Å²) in [7, 11) is 0. The molecule has 0 saturated carbocycles. The minimum Gasteiger partial charge on any atom is -0.378 e. The maximum Gasteiger partial charge on any atom is 0.232 e. The van der Waals surface area contributed by atoms with Gasteiger partial charge in [0.25, 0.3) is 0 Å². The van der Waals surface area contributed by atoms with Crippen molar-refractivity contribution in [1.29, 1.82) is 0 Å². The summed E-state index contributed by atoms with van der Waals surface area (Å²) in [4.78, 5) is 11.3. The van der Waals surface area contributed by atoms with Gasteiger partial charge in [-0.05, 0) is 17.7 Å². The monoisotopic (exact) mass is 211 g/mol. The Morgan fingerprint density at radius 2 is 2.21 bits per heavy atom. The van der Waals surface area contributed by atoms with Crippen molar-refractivity contribution in [1.82, 2.24) is 0 Å².